The predicted molar refractivity (Wildman–Crippen MR) is 88.2 cm³/mol. The fraction of sp³-hybridized carbons (Fsp3) is 0.278. The summed E-state index contributed by atoms with van der Waals surface area (Å²) in [6.07, 6.45) is -4.58. The van der Waals surface area contributed by atoms with Crippen molar-refractivity contribution >= 4 is 11.6 Å². The van der Waals surface area contributed by atoms with E-state index in [0.717, 1.165) is 11.3 Å². The number of halogens is 3. The highest BCUT2D eigenvalue weighted by molar-refractivity contribution is 5.95. The molecule has 3 nitrogen and oxygen atoms in total. The highest BCUT2D eigenvalue weighted by Gasteiger charge is 2.42. The number of alkyl halides is 3. The minimum atomic E-state index is -4.58. The lowest BCUT2D eigenvalue weighted by molar-refractivity contribution is -0.155. The molecule has 0 saturated heterocycles. The molecule has 0 spiro atoms. The minimum absolute atomic E-state index is 0.00483. The summed E-state index contributed by atoms with van der Waals surface area (Å²) in [5.74, 6) is -0.762. The Morgan fingerprint density at radius 2 is 1.71 bits per heavy atom. The molecule has 0 aliphatic heterocycles. The lowest BCUT2D eigenvalue weighted by Gasteiger charge is -2.22. The minimum Gasteiger partial charge on any atom is -0.378 e. The molecule has 0 heterocycles. The summed E-state index contributed by atoms with van der Waals surface area (Å²) in [5.41, 5.74) is 1.78. The first-order valence-corrected chi connectivity index (χ1v) is 7.40. The Hall–Kier alpha value is -2.50. The van der Waals surface area contributed by atoms with E-state index in [2.05, 4.69) is 5.32 Å². The molecule has 128 valence electrons. The van der Waals surface area contributed by atoms with E-state index in [9.17, 15) is 18.0 Å². The van der Waals surface area contributed by atoms with Crippen molar-refractivity contribution in [3.05, 3.63) is 65.2 Å². The standard InChI is InChI=1S/C18H19F3N2O/c1-12-7-9-13(10-8-12)16(18(19,20)21)22-17(24)14-5-4-6-15(11-14)23(2)3/h4-11,16H,1-3H3,(H,22,24)/t16-/m1/s1. The molecule has 1 amide bonds. The van der Waals surface area contributed by atoms with Gasteiger partial charge in [-0.3, -0.25) is 4.79 Å². The van der Waals surface area contributed by atoms with E-state index in [1.807, 2.05) is 0 Å². The van der Waals surface area contributed by atoms with Gasteiger partial charge in [0.15, 0.2) is 6.04 Å². The van der Waals surface area contributed by atoms with Gasteiger partial charge in [-0.1, -0.05) is 35.9 Å². The van der Waals surface area contributed by atoms with E-state index < -0.39 is 18.1 Å². The van der Waals surface area contributed by atoms with Gasteiger partial charge >= 0.3 is 6.18 Å². The van der Waals surface area contributed by atoms with Gasteiger partial charge in [-0.05, 0) is 30.7 Å². The summed E-state index contributed by atoms with van der Waals surface area (Å²) in [6.45, 7) is 1.79. The van der Waals surface area contributed by atoms with E-state index in [1.54, 1.807) is 56.3 Å². The highest BCUT2D eigenvalue weighted by Crippen LogP contribution is 2.33. The van der Waals surface area contributed by atoms with Gasteiger partial charge in [-0.2, -0.15) is 13.2 Å². The fourth-order valence-electron chi connectivity index (χ4n) is 2.25. The van der Waals surface area contributed by atoms with E-state index in [4.69, 9.17) is 0 Å². The van der Waals surface area contributed by atoms with Gasteiger partial charge < -0.3 is 10.2 Å². The summed E-state index contributed by atoms with van der Waals surface area (Å²) in [7, 11) is 3.59. The van der Waals surface area contributed by atoms with Crippen molar-refractivity contribution in [2.45, 2.75) is 19.1 Å². The van der Waals surface area contributed by atoms with Crippen molar-refractivity contribution in [3.8, 4) is 0 Å². The second-order valence-electron chi connectivity index (χ2n) is 5.80. The topological polar surface area (TPSA) is 32.3 Å². The van der Waals surface area contributed by atoms with Crippen LogP contribution in [0.3, 0.4) is 0 Å². The molecule has 1 atom stereocenters. The summed E-state index contributed by atoms with van der Waals surface area (Å²) in [6, 6.07) is 10.3. The molecule has 2 aromatic rings. The summed E-state index contributed by atoms with van der Waals surface area (Å²) in [5, 5.41) is 2.09. The number of carbonyl (C=O) groups excluding carboxylic acids is 1. The van der Waals surface area contributed by atoms with Gasteiger partial charge in [-0.25, -0.2) is 0 Å². The zero-order valence-electron chi connectivity index (χ0n) is 13.7. The van der Waals surface area contributed by atoms with E-state index in [0.29, 0.717) is 0 Å². The van der Waals surface area contributed by atoms with Crippen molar-refractivity contribution in [1.82, 2.24) is 5.32 Å². The van der Waals surface area contributed by atoms with Crippen molar-refractivity contribution in [2.75, 3.05) is 19.0 Å². The van der Waals surface area contributed by atoms with Crippen LogP contribution >= 0.6 is 0 Å². The largest absolute Gasteiger partial charge is 0.412 e. The molecular formula is C18H19F3N2O. The Bertz CT molecular complexity index is 709. The van der Waals surface area contributed by atoms with Crippen molar-refractivity contribution in [2.24, 2.45) is 0 Å². The van der Waals surface area contributed by atoms with Crippen LogP contribution in [0.5, 0.6) is 0 Å². The van der Waals surface area contributed by atoms with Gasteiger partial charge in [0.05, 0.1) is 0 Å². The Labute approximate surface area is 139 Å². The maximum absolute atomic E-state index is 13.4. The number of nitrogens with zero attached hydrogens (tertiary/aromatic N) is 1. The highest BCUT2D eigenvalue weighted by atomic mass is 19.4. The third-order valence-corrected chi connectivity index (χ3v) is 3.64. The van der Waals surface area contributed by atoms with Crippen LogP contribution < -0.4 is 10.2 Å². The molecule has 0 fully saturated rings. The smallest absolute Gasteiger partial charge is 0.378 e. The zero-order chi connectivity index (χ0) is 17.9. The second-order valence-corrected chi connectivity index (χ2v) is 5.80. The third-order valence-electron chi connectivity index (χ3n) is 3.64. The second kappa shape index (κ2) is 6.95. The van der Waals surface area contributed by atoms with Gasteiger partial charge in [0.1, 0.15) is 0 Å². The van der Waals surface area contributed by atoms with Gasteiger partial charge in [0, 0.05) is 25.3 Å². The van der Waals surface area contributed by atoms with E-state index in [1.165, 1.54) is 18.2 Å². The molecular weight excluding hydrogens is 317 g/mol. The quantitative estimate of drug-likeness (QED) is 0.912. The van der Waals surface area contributed by atoms with Crippen LogP contribution in [0, 0.1) is 6.92 Å². The summed E-state index contributed by atoms with van der Waals surface area (Å²) < 4.78 is 40.1. The molecule has 1 N–H and O–H groups in total. The normalized spacial score (nSPS) is 12.6. The molecule has 6 heteroatoms. The number of hydrogen-bond donors (Lipinski definition) is 1. The lowest BCUT2D eigenvalue weighted by atomic mass is 10.0. The molecule has 2 aromatic carbocycles. The molecule has 2 rings (SSSR count). The molecule has 0 aliphatic carbocycles. The van der Waals surface area contributed by atoms with Crippen LogP contribution in [0.15, 0.2) is 48.5 Å². The van der Waals surface area contributed by atoms with Crippen LogP contribution in [0.1, 0.15) is 27.5 Å². The molecule has 0 aliphatic rings. The maximum atomic E-state index is 13.4. The van der Waals surface area contributed by atoms with Gasteiger partial charge in [-0.15, -0.1) is 0 Å². The Kier molecular flexibility index (Phi) is 5.17. The predicted octanol–water partition coefficient (Wildman–Crippen LogP) is 4.09. The Balaban J connectivity index is 2.28. The molecule has 0 aromatic heterocycles. The van der Waals surface area contributed by atoms with Gasteiger partial charge in [0.25, 0.3) is 5.91 Å². The lowest BCUT2D eigenvalue weighted by Crippen LogP contribution is -2.38. The number of aryl methyl sites for hydroxylation is 1. The molecule has 0 bridgehead atoms. The SMILES string of the molecule is Cc1ccc([C@@H](NC(=O)c2cccc(N(C)C)c2)C(F)(F)F)cc1. The average molecular weight is 336 g/mol. The first kappa shape index (κ1) is 17.8. The number of nitrogens with one attached hydrogen (secondary N) is 1. The monoisotopic (exact) mass is 336 g/mol. The Morgan fingerprint density at radius 1 is 1.08 bits per heavy atom. The van der Waals surface area contributed by atoms with Crippen LogP contribution in [0.4, 0.5) is 18.9 Å². The number of hydrogen-bond acceptors (Lipinski definition) is 2. The number of anilines is 1. The zero-order valence-corrected chi connectivity index (χ0v) is 13.7. The molecule has 24 heavy (non-hydrogen) atoms. The van der Waals surface area contributed by atoms with Gasteiger partial charge in [0.2, 0.25) is 0 Å². The van der Waals surface area contributed by atoms with E-state index in [-0.39, 0.29) is 11.1 Å². The number of carbonyl (C=O) groups is 1. The molecule has 0 radical (unpaired) electrons. The summed E-state index contributed by atoms with van der Waals surface area (Å²) >= 11 is 0. The molecule has 0 saturated carbocycles. The van der Waals surface area contributed by atoms with Crippen LogP contribution in [-0.4, -0.2) is 26.2 Å². The first-order chi connectivity index (χ1) is 11.2. The van der Waals surface area contributed by atoms with Crippen molar-refractivity contribution < 1.29 is 18.0 Å². The number of rotatable bonds is 4. The molecule has 0 unspecified atom stereocenters. The van der Waals surface area contributed by atoms with Crippen molar-refractivity contribution in [1.29, 1.82) is 0 Å². The average Bonchev–Trinajstić information content (AvgIpc) is 2.52. The number of benzene rings is 2. The van der Waals surface area contributed by atoms with Crippen LogP contribution in [-0.2, 0) is 0 Å². The Morgan fingerprint density at radius 3 is 2.25 bits per heavy atom. The maximum Gasteiger partial charge on any atom is 0.412 e. The van der Waals surface area contributed by atoms with E-state index >= 15 is 0 Å². The number of amides is 1. The van der Waals surface area contributed by atoms with Crippen LogP contribution in [0.25, 0.3) is 0 Å². The fourth-order valence-corrected chi connectivity index (χ4v) is 2.25. The van der Waals surface area contributed by atoms with Crippen LogP contribution in [0.2, 0.25) is 0 Å². The summed E-state index contributed by atoms with van der Waals surface area (Å²) in [4.78, 5) is 14.1. The third kappa shape index (κ3) is 4.28. The van der Waals surface area contributed by atoms with Crippen molar-refractivity contribution in [3.63, 3.8) is 0 Å². The first-order valence-electron chi connectivity index (χ1n) is 7.40.